The summed E-state index contributed by atoms with van der Waals surface area (Å²) in [6.07, 6.45) is 0. The van der Waals surface area contributed by atoms with Crippen LogP contribution < -0.4 is 4.74 Å². The molecule has 1 heterocycles. The monoisotopic (exact) mass is 324 g/mol. The molecular weight excluding hydrogens is 304 g/mol. The zero-order valence-electron chi connectivity index (χ0n) is 13.1. The molecular formula is C16H21ClN2O3. The van der Waals surface area contributed by atoms with Crippen LogP contribution in [0.3, 0.4) is 0 Å². The van der Waals surface area contributed by atoms with Crippen molar-refractivity contribution in [3.05, 3.63) is 29.3 Å². The van der Waals surface area contributed by atoms with E-state index in [-0.39, 0.29) is 30.5 Å². The Bertz CT molecular complexity index is 552. The van der Waals surface area contributed by atoms with Gasteiger partial charge in [-0.05, 0) is 45.0 Å². The average molecular weight is 325 g/mol. The molecule has 0 bridgehead atoms. The third-order valence-corrected chi connectivity index (χ3v) is 3.81. The predicted molar refractivity (Wildman–Crippen MR) is 85.0 cm³/mol. The highest BCUT2D eigenvalue weighted by Crippen LogP contribution is 2.18. The number of rotatable bonds is 3. The van der Waals surface area contributed by atoms with Gasteiger partial charge < -0.3 is 14.5 Å². The Balaban J connectivity index is 1.87. The summed E-state index contributed by atoms with van der Waals surface area (Å²) in [6.45, 7) is 7.09. The van der Waals surface area contributed by atoms with Crippen molar-refractivity contribution in [2.75, 3.05) is 26.2 Å². The van der Waals surface area contributed by atoms with Crippen LogP contribution >= 0.6 is 11.6 Å². The highest BCUT2D eigenvalue weighted by molar-refractivity contribution is 6.30. The molecule has 0 saturated carbocycles. The van der Waals surface area contributed by atoms with Crippen LogP contribution in [0.25, 0.3) is 0 Å². The molecule has 6 heteroatoms. The fourth-order valence-corrected chi connectivity index (χ4v) is 2.49. The number of carbonyl (C=O) groups excluding carboxylic acids is 2. The van der Waals surface area contributed by atoms with Crippen LogP contribution in [-0.4, -0.2) is 53.4 Å². The molecule has 2 rings (SSSR count). The minimum Gasteiger partial charge on any atom is -0.484 e. The van der Waals surface area contributed by atoms with Crippen molar-refractivity contribution in [1.82, 2.24) is 9.80 Å². The van der Waals surface area contributed by atoms with Gasteiger partial charge in [-0.3, -0.25) is 9.59 Å². The maximum absolute atomic E-state index is 12.1. The van der Waals surface area contributed by atoms with Gasteiger partial charge in [0, 0.05) is 23.7 Å². The molecule has 1 aliphatic heterocycles. The van der Waals surface area contributed by atoms with Crippen molar-refractivity contribution < 1.29 is 14.3 Å². The van der Waals surface area contributed by atoms with E-state index in [4.69, 9.17) is 16.3 Å². The van der Waals surface area contributed by atoms with E-state index in [2.05, 4.69) is 0 Å². The lowest BCUT2D eigenvalue weighted by Gasteiger charge is -2.42. The SMILES string of the molecule is CC(C)(C)N1CCN(C(=O)COc2ccc(Cl)cc2)CC1=O. The molecule has 1 saturated heterocycles. The van der Waals surface area contributed by atoms with E-state index >= 15 is 0 Å². The number of amides is 2. The molecule has 1 aromatic rings. The molecule has 0 aliphatic carbocycles. The van der Waals surface area contributed by atoms with Gasteiger partial charge in [-0.15, -0.1) is 0 Å². The summed E-state index contributed by atoms with van der Waals surface area (Å²) in [5.41, 5.74) is -0.216. The highest BCUT2D eigenvalue weighted by atomic mass is 35.5. The number of hydrogen-bond donors (Lipinski definition) is 0. The molecule has 0 atom stereocenters. The van der Waals surface area contributed by atoms with Crippen molar-refractivity contribution in [2.45, 2.75) is 26.3 Å². The first-order valence-corrected chi connectivity index (χ1v) is 7.62. The number of piperazine rings is 1. The van der Waals surface area contributed by atoms with Crippen LogP contribution in [0.2, 0.25) is 5.02 Å². The van der Waals surface area contributed by atoms with Crippen molar-refractivity contribution in [3.8, 4) is 5.75 Å². The molecule has 0 radical (unpaired) electrons. The van der Waals surface area contributed by atoms with Crippen molar-refractivity contribution in [3.63, 3.8) is 0 Å². The zero-order chi connectivity index (χ0) is 16.3. The third kappa shape index (κ3) is 4.13. The normalized spacial score (nSPS) is 15.9. The van der Waals surface area contributed by atoms with Crippen LogP contribution in [0.15, 0.2) is 24.3 Å². The topological polar surface area (TPSA) is 49.9 Å². The largest absolute Gasteiger partial charge is 0.484 e. The number of benzene rings is 1. The quantitative estimate of drug-likeness (QED) is 0.856. The Morgan fingerprint density at radius 2 is 1.86 bits per heavy atom. The Morgan fingerprint density at radius 1 is 1.23 bits per heavy atom. The summed E-state index contributed by atoms with van der Waals surface area (Å²) in [4.78, 5) is 27.6. The molecule has 1 aromatic carbocycles. The van der Waals surface area contributed by atoms with Crippen molar-refractivity contribution in [1.29, 1.82) is 0 Å². The van der Waals surface area contributed by atoms with Gasteiger partial charge in [-0.2, -0.15) is 0 Å². The van der Waals surface area contributed by atoms with Crippen LogP contribution in [0.1, 0.15) is 20.8 Å². The van der Waals surface area contributed by atoms with Gasteiger partial charge in [0.05, 0.1) is 6.54 Å². The number of nitrogens with zero attached hydrogens (tertiary/aromatic N) is 2. The van der Waals surface area contributed by atoms with Crippen LogP contribution in [0.5, 0.6) is 5.75 Å². The molecule has 0 aromatic heterocycles. The average Bonchev–Trinajstić information content (AvgIpc) is 2.45. The van der Waals surface area contributed by atoms with E-state index in [1.54, 1.807) is 34.1 Å². The van der Waals surface area contributed by atoms with Crippen molar-refractivity contribution >= 4 is 23.4 Å². The van der Waals surface area contributed by atoms with Gasteiger partial charge in [0.25, 0.3) is 5.91 Å². The van der Waals surface area contributed by atoms with Gasteiger partial charge in [0.15, 0.2) is 6.61 Å². The summed E-state index contributed by atoms with van der Waals surface area (Å²) >= 11 is 5.79. The van der Waals surface area contributed by atoms with Gasteiger partial charge in [0.2, 0.25) is 5.91 Å². The van der Waals surface area contributed by atoms with E-state index < -0.39 is 0 Å². The Hall–Kier alpha value is -1.75. The Labute approximate surface area is 135 Å². The lowest BCUT2D eigenvalue weighted by Crippen LogP contribution is -2.58. The minimum atomic E-state index is -0.216. The lowest BCUT2D eigenvalue weighted by atomic mass is 10.0. The number of hydrogen-bond acceptors (Lipinski definition) is 3. The third-order valence-electron chi connectivity index (χ3n) is 3.56. The summed E-state index contributed by atoms with van der Waals surface area (Å²) in [7, 11) is 0. The van der Waals surface area contributed by atoms with E-state index in [9.17, 15) is 9.59 Å². The molecule has 22 heavy (non-hydrogen) atoms. The second-order valence-corrected chi connectivity index (χ2v) is 6.71. The fraction of sp³-hybridized carbons (Fsp3) is 0.500. The first-order chi connectivity index (χ1) is 10.3. The molecule has 0 unspecified atom stereocenters. The number of carbonyl (C=O) groups is 2. The number of halogens is 1. The Morgan fingerprint density at radius 3 is 2.41 bits per heavy atom. The summed E-state index contributed by atoms with van der Waals surface area (Å²) in [6, 6.07) is 6.82. The smallest absolute Gasteiger partial charge is 0.261 e. The van der Waals surface area contributed by atoms with Crippen LogP contribution in [0.4, 0.5) is 0 Å². The molecule has 1 aliphatic rings. The second kappa shape index (κ2) is 6.57. The fourth-order valence-electron chi connectivity index (χ4n) is 2.36. The van der Waals surface area contributed by atoms with Gasteiger partial charge in [0.1, 0.15) is 5.75 Å². The van der Waals surface area contributed by atoms with E-state index in [1.807, 2.05) is 20.8 Å². The minimum absolute atomic E-state index is 0.0291. The molecule has 120 valence electrons. The van der Waals surface area contributed by atoms with Gasteiger partial charge in [-0.1, -0.05) is 11.6 Å². The maximum Gasteiger partial charge on any atom is 0.261 e. The molecule has 0 spiro atoms. The van der Waals surface area contributed by atoms with Crippen LogP contribution in [0, 0.1) is 0 Å². The first kappa shape index (κ1) is 16.6. The van der Waals surface area contributed by atoms with Gasteiger partial charge >= 0.3 is 0 Å². The Kier molecular flexibility index (Phi) is 4.96. The number of ether oxygens (including phenoxy) is 1. The van der Waals surface area contributed by atoms with E-state index in [0.717, 1.165) is 0 Å². The maximum atomic E-state index is 12.1. The lowest BCUT2D eigenvalue weighted by molar-refractivity contribution is -0.150. The molecule has 2 amide bonds. The van der Waals surface area contributed by atoms with Gasteiger partial charge in [-0.25, -0.2) is 0 Å². The molecule has 5 nitrogen and oxygen atoms in total. The summed E-state index contributed by atoms with van der Waals surface area (Å²) in [5.74, 6) is 0.368. The summed E-state index contributed by atoms with van der Waals surface area (Å²) in [5, 5.41) is 0.613. The highest BCUT2D eigenvalue weighted by Gasteiger charge is 2.33. The van der Waals surface area contributed by atoms with E-state index in [0.29, 0.717) is 23.9 Å². The van der Waals surface area contributed by atoms with Crippen LogP contribution in [-0.2, 0) is 9.59 Å². The molecule has 0 N–H and O–H groups in total. The van der Waals surface area contributed by atoms with Crippen molar-refractivity contribution in [2.24, 2.45) is 0 Å². The summed E-state index contributed by atoms with van der Waals surface area (Å²) < 4.78 is 5.43. The first-order valence-electron chi connectivity index (χ1n) is 7.24. The zero-order valence-corrected chi connectivity index (χ0v) is 13.9. The van der Waals surface area contributed by atoms with E-state index in [1.165, 1.54) is 0 Å². The second-order valence-electron chi connectivity index (χ2n) is 6.27. The molecule has 1 fully saturated rings. The standard InChI is InChI=1S/C16H21ClN2O3/c1-16(2,3)19-9-8-18(10-14(19)20)15(21)11-22-13-6-4-12(17)5-7-13/h4-7H,8-11H2,1-3H3. The predicted octanol–water partition coefficient (Wildman–Crippen LogP) is 2.19.